The zero-order valence-electron chi connectivity index (χ0n) is 23.5. The molecule has 1 amide bonds. The van der Waals surface area contributed by atoms with E-state index in [1.54, 1.807) is 41.2 Å². The summed E-state index contributed by atoms with van der Waals surface area (Å²) in [7, 11) is -5.08. The molecule has 0 saturated carbocycles. The van der Waals surface area contributed by atoms with Gasteiger partial charge in [0, 0.05) is 30.9 Å². The molecule has 2 N–H and O–H groups in total. The van der Waals surface area contributed by atoms with Gasteiger partial charge in [-0.2, -0.15) is 8.42 Å². The number of fused-ring (bicyclic) bond motifs is 6. The summed E-state index contributed by atoms with van der Waals surface area (Å²) in [6.45, 7) is 5.62. The van der Waals surface area contributed by atoms with Gasteiger partial charge in [0.2, 0.25) is 5.88 Å². The van der Waals surface area contributed by atoms with Crippen molar-refractivity contribution in [3.05, 3.63) is 48.2 Å². The van der Waals surface area contributed by atoms with Crippen LogP contribution in [-0.2, 0) is 10.0 Å². The molecule has 0 aliphatic carbocycles. The van der Waals surface area contributed by atoms with Crippen LogP contribution in [0.3, 0.4) is 0 Å². The van der Waals surface area contributed by atoms with E-state index in [2.05, 4.69) is 57.6 Å². The van der Waals surface area contributed by atoms with Crippen LogP contribution in [0, 0.1) is 5.92 Å². The van der Waals surface area contributed by atoms with Crippen molar-refractivity contribution in [1.29, 1.82) is 0 Å². The molecule has 1 saturated heterocycles. The molecule has 0 radical (unpaired) electrons. The van der Waals surface area contributed by atoms with Crippen LogP contribution >= 0.6 is 10.0 Å². The predicted octanol–water partition coefficient (Wildman–Crippen LogP) is 3.62. The van der Waals surface area contributed by atoms with Gasteiger partial charge in [0.25, 0.3) is 15.9 Å². The average Bonchev–Trinajstić information content (AvgIpc) is 3.48. The molecule has 1 atom stereocenters. The number of aromatic nitrogens is 4. The van der Waals surface area contributed by atoms with Crippen LogP contribution in [-0.4, -0.2) is 77.4 Å². The third kappa shape index (κ3) is 6.20. The van der Waals surface area contributed by atoms with E-state index in [9.17, 15) is 13.2 Å². The second-order valence-electron chi connectivity index (χ2n) is 11.9. The van der Waals surface area contributed by atoms with Crippen LogP contribution in [0.5, 0.6) is 5.88 Å². The van der Waals surface area contributed by atoms with Crippen LogP contribution in [0.15, 0.2) is 47.6 Å². The number of hydrogen-bond acceptors (Lipinski definition) is 9. The Bertz CT molecular complexity index is 1520. The molecule has 3 aromatic heterocycles. The predicted molar refractivity (Wildman–Crippen MR) is 158 cm³/mol. The van der Waals surface area contributed by atoms with Gasteiger partial charge in [-0.25, -0.2) is 29.4 Å². The first kappa shape index (κ1) is 28.2. The maximum Gasteiger partial charge on any atom is 0.281 e. The molecule has 216 valence electrons. The summed E-state index contributed by atoms with van der Waals surface area (Å²) in [5.74, 6) is 2.09. The second kappa shape index (κ2) is 10.6. The van der Waals surface area contributed by atoms with Gasteiger partial charge in [0.05, 0.1) is 5.56 Å². The lowest BCUT2D eigenvalue weighted by Crippen LogP contribution is -2.41. The Balaban J connectivity index is 1.55. The number of sulfonamides is 1. The summed E-state index contributed by atoms with van der Waals surface area (Å²) in [6, 6.07) is 9.75. The highest BCUT2D eigenvalue weighted by molar-refractivity contribution is 8.32. The number of ether oxygens (including phenoxy) is 1. The first-order valence-corrected chi connectivity index (χ1v) is 17.7. The first-order valence-electron chi connectivity index (χ1n) is 13.2. The zero-order chi connectivity index (χ0) is 28.7. The molecule has 0 spiro atoms. The summed E-state index contributed by atoms with van der Waals surface area (Å²) in [5, 5.41) is 7.52. The molecule has 40 heavy (non-hydrogen) atoms. The van der Waals surface area contributed by atoms with E-state index in [0.717, 1.165) is 19.3 Å². The van der Waals surface area contributed by atoms with E-state index in [1.165, 1.54) is 6.07 Å². The van der Waals surface area contributed by atoms with Crippen molar-refractivity contribution < 1.29 is 17.9 Å². The Morgan fingerprint density at radius 1 is 1.12 bits per heavy atom. The number of carbonyl (C=O) groups is 1. The maximum absolute atomic E-state index is 13.5. The normalized spacial score (nSPS) is 20.9. The Labute approximate surface area is 237 Å². The van der Waals surface area contributed by atoms with E-state index in [1.807, 2.05) is 0 Å². The lowest BCUT2D eigenvalue weighted by atomic mass is 9.93. The average molecular weight is 588 g/mol. The molecule has 0 unspecified atom stereocenters. The fourth-order valence-electron chi connectivity index (χ4n) is 5.15. The quantitative estimate of drug-likeness (QED) is 0.470. The molecule has 2 aliphatic heterocycles. The van der Waals surface area contributed by atoms with Crippen molar-refractivity contribution in [2.45, 2.75) is 43.7 Å². The van der Waals surface area contributed by atoms with Crippen molar-refractivity contribution in [2.75, 3.05) is 48.0 Å². The second-order valence-corrected chi connectivity index (χ2v) is 17.9. The van der Waals surface area contributed by atoms with Crippen molar-refractivity contribution in [2.24, 2.45) is 5.92 Å². The molecule has 1 fully saturated rings. The van der Waals surface area contributed by atoms with Crippen LogP contribution in [0.1, 0.15) is 43.5 Å². The Hall–Kier alpha value is -3.32. The number of rotatable bonds is 4. The highest BCUT2D eigenvalue weighted by Crippen LogP contribution is 2.40. The third-order valence-electron chi connectivity index (χ3n) is 7.00. The Kier molecular flexibility index (Phi) is 7.47. The number of nitrogens with zero attached hydrogens (tertiary/aromatic N) is 5. The summed E-state index contributed by atoms with van der Waals surface area (Å²) in [4.78, 5) is 24.8. The van der Waals surface area contributed by atoms with Gasteiger partial charge in [0.1, 0.15) is 17.6 Å². The molecule has 11 nitrogen and oxygen atoms in total. The van der Waals surface area contributed by atoms with Gasteiger partial charge >= 0.3 is 0 Å². The van der Waals surface area contributed by atoms with Crippen molar-refractivity contribution in [1.82, 2.24) is 24.5 Å². The van der Waals surface area contributed by atoms with Crippen LogP contribution in [0.4, 0.5) is 11.6 Å². The highest BCUT2D eigenvalue weighted by Gasteiger charge is 2.41. The summed E-state index contributed by atoms with van der Waals surface area (Å²) >= 11 is 0. The van der Waals surface area contributed by atoms with E-state index in [-0.39, 0.29) is 16.1 Å². The van der Waals surface area contributed by atoms with Crippen LogP contribution in [0.2, 0.25) is 0 Å². The maximum atomic E-state index is 13.5. The van der Waals surface area contributed by atoms with E-state index in [4.69, 9.17) is 9.72 Å². The molecule has 3 aromatic rings. The Morgan fingerprint density at radius 3 is 2.70 bits per heavy atom. The number of pyridine rings is 2. The number of nitrogens with one attached hydrogen (secondary N) is 2. The van der Waals surface area contributed by atoms with Gasteiger partial charge in [-0.3, -0.25) is 4.79 Å². The van der Waals surface area contributed by atoms with E-state index in [0.29, 0.717) is 48.3 Å². The fourth-order valence-corrected chi connectivity index (χ4v) is 6.56. The number of anilines is 2. The number of carbonyl (C=O) groups excluding carboxylic acids is 1. The van der Waals surface area contributed by atoms with Crippen molar-refractivity contribution >= 4 is 37.6 Å². The molecular formula is C27H37N7O4S2. The molecule has 2 aliphatic rings. The third-order valence-corrected chi connectivity index (χ3v) is 9.06. The largest absolute Gasteiger partial charge is 0.467 e. The van der Waals surface area contributed by atoms with Gasteiger partial charge in [-0.05, 0) is 82.1 Å². The van der Waals surface area contributed by atoms with Gasteiger partial charge in [-0.1, -0.05) is 6.07 Å². The summed E-state index contributed by atoms with van der Waals surface area (Å²) in [5.41, 5.74) is -0.126. The van der Waals surface area contributed by atoms with Crippen LogP contribution in [0.25, 0.3) is 5.82 Å². The van der Waals surface area contributed by atoms with Crippen molar-refractivity contribution in [3.63, 3.8) is 0 Å². The standard InChI is InChI=1S/C27H37N7O4S2/c1-27(2)16-19-8-7-14-28-21-9-6-10-24(29-21)40(36,37)32-26(35)20-11-12-22(30-25(20)33(27)17-19)34-15-13-23(31-34)38-18-39(3,4)5/h6,9-13,15,19H,7-8,14,16-18H2,1-5H3,(H,28,29)(H,32,35)/t19-/m0/s1. The van der Waals surface area contributed by atoms with Crippen molar-refractivity contribution in [3.8, 4) is 11.7 Å². The SMILES string of the molecule is CC1(C)C[C@@H]2CCCNc3cccc(n3)S(=O)(=O)NC(=O)c3ccc(-n4ccc(OCS(C)(C)C)n4)nc3N1C2. The molecule has 4 bridgehead atoms. The zero-order valence-corrected chi connectivity index (χ0v) is 25.2. The fraction of sp³-hybridized carbons (Fsp3) is 0.481. The molecule has 5 rings (SSSR count). The summed E-state index contributed by atoms with van der Waals surface area (Å²) < 4.78 is 36.0. The smallest absolute Gasteiger partial charge is 0.281 e. The van der Waals surface area contributed by atoms with Gasteiger partial charge < -0.3 is 15.0 Å². The summed E-state index contributed by atoms with van der Waals surface area (Å²) in [6.07, 6.45) is 11.1. The molecular weight excluding hydrogens is 550 g/mol. The Morgan fingerprint density at radius 2 is 1.93 bits per heavy atom. The number of amides is 1. The molecule has 5 heterocycles. The minimum Gasteiger partial charge on any atom is -0.467 e. The molecule has 0 aromatic carbocycles. The van der Waals surface area contributed by atoms with E-state index < -0.39 is 26.0 Å². The topological polar surface area (TPSA) is 131 Å². The highest BCUT2D eigenvalue weighted by atomic mass is 32.3. The van der Waals surface area contributed by atoms with Gasteiger partial charge in [0.15, 0.2) is 10.8 Å². The van der Waals surface area contributed by atoms with Crippen LogP contribution < -0.4 is 19.7 Å². The lowest BCUT2D eigenvalue weighted by Gasteiger charge is -2.34. The lowest BCUT2D eigenvalue weighted by molar-refractivity contribution is 0.0981. The monoisotopic (exact) mass is 587 g/mol. The van der Waals surface area contributed by atoms with Gasteiger partial charge in [-0.15, -0.1) is 5.10 Å². The minimum absolute atomic E-state index is 0.171. The first-order chi connectivity index (χ1) is 18.8. The van der Waals surface area contributed by atoms with E-state index >= 15 is 0 Å². The number of hydrogen-bond donors (Lipinski definition) is 2. The minimum atomic E-state index is -4.22. The molecule has 13 heteroatoms.